The fourth-order valence-electron chi connectivity index (χ4n) is 1.62. The van der Waals surface area contributed by atoms with Gasteiger partial charge in [-0.1, -0.05) is 11.3 Å². The number of hydrogen-bond donors (Lipinski definition) is 0. The standard InChI is InChI=1S/C13H11F3N6/c1-21(2)8-18-12-11(7-17)19-20-22(12)10-5-3-4-9(6-10)13(14,15)16/h3-6,8H,1-2H3. The summed E-state index contributed by atoms with van der Waals surface area (Å²) in [6.45, 7) is 0. The van der Waals surface area contributed by atoms with Crippen molar-refractivity contribution in [2.75, 3.05) is 14.1 Å². The van der Waals surface area contributed by atoms with Crippen LogP contribution in [0, 0.1) is 11.3 Å². The van der Waals surface area contributed by atoms with Crippen molar-refractivity contribution in [2.24, 2.45) is 4.99 Å². The van der Waals surface area contributed by atoms with Gasteiger partial charge in [0.25, 0.3) is 0 Å². The molecule has 9 heteroatoms. The SMILES string of the molecule is CN(C)C=Nc1c(C#N)nnn1-c1cccc(C(F)(F)F)c1. The van der Waals surface area contributed by atoms with E-state index in [1.54, 1.807) is 25.1 Å². The van der Waals surface area contributed by atoms with E-state index in [1.165, 1.54) is 18.5 Å². The molecule has 0 amide bonds. The number of aromatic nitrogens is 3. The molecular formula is C13H11F3N6. The molecule has 1 aromatic heterocycles. The summed E-state index contributed by atoms with van der Waals surface area (Å²) in [6.07, 6.45) is -3.06. The minimum absolute atomic E-state index is 0.0653. The number of nitriles is 1. The van der Waals surface area contributed by atoms with E-state index in [4.69, 9.17) is 5.26 Å². The maximum absolute atomic E-state index is 12.8. The van der Waals surface area contributed by atoms with Gasteiger partial charge in [-0.15, -0.1) is 5.10 Å². The summed E-state index contributed by atoms with van der Waals surface area (Å²) < 4.78 is 39.4. The average molecular weight is 308 g/mol. The Morgan fingerprint density at radius 3 is 2.68 bits per heavy atom. The summed E-state index contributed by atoms with van der Waals surface area (Å²) in [7, 11) is 3.43. The summed E-state index contributed by atoms with van der Waals surface area (Å²) in [5, 5.41) is 16.3. The Morgan fingerprint density at radius 1 is 1.36 bits per heavy atom. The highest BCUT2D eigenvalue weighted by Crippen LogP contribution is 2.31. The summed E-state index contributed by atoms with van der Waals surface area (Å²) >= 11 is 0. The Balaban J connectivity index is 2.54. The molecule has 0 atom stereocenters. The van der Waals surface area contributed by atoms with Crippen molar-refractivity contribution in [3.63, 3.8) is 0 Å². The molecular weight excluding hydrogens is 297 g/mol. The predicted octanol–water partition coefficient (Wildman–Crippen LogP) is 2.38. The second-order valence-corrected chi connectivity index (χ2v) is 4.54. The van der Waals surface area contributed by atoms with Crippen LogP contribution in [0.25, 0.3) is 5.69 Å². The number of nitrogens with zero attached hydrogens (tertiary/aromatic N) is 6. The highest BCUT2D eigenvalue weighted by atomic mass is 19.4. The Morgan fingerprint density at radius 2 is 2.09 bits per heavy atom. The zero-order valence-electron chi connectivity index (χ0n) is 11.7. The first-order chi connectivity index (χ1) is 10.3. The van der Waals surface area contributed by atoms with Crippen LogP contribution < -0.4 is 0 Å². The maximum atomic E-state index is 12.8. The molecule has 0 N–H and O–H groups in total. The third kappa shape index (κ3) is 3.22. The maximum Gasteiger partial charge on any atom is 0.416 e. The first-order valence-electron chi connectivity index (χ1n) is 6.07. The van der Waals surface area contributed by atoms with Gasteiger partial charge in [-0.2, -0.15) is 23.1 Å². The molecule has 0 fully saturated rings. The topological polar surface area (TPSA) is 70.1 Å². The van der Waals surface area contributed by atoms with Crippen LogP contribution in [-0.4, -0.2) is 40.3 Å². The molecule has 0 spiro atoms. The van der Waals surface area contributed by atoms with Crippen LogP contribution in [0.15, 0.2) is 29.3 Å². The second-order valence-electron chi connectivity index (χ2n) is 4.54. The Labute approximate surface area is 124 Å². The predicted molar refractivity (Wildman–Crippen MR) is 72.9 cm³/mol. The molecule has 0 saturated heterocycles. The summed E-state index contributed by atoms with van der Waals surface area (Å²) in [5.74, 6) is 0.0653. The van der Waals surface area contributed by atoms with Crippen LogP contribution in [0.4, 0.5) is 19.0 Å². The first-order valence-corrected chi connectivity index (χ1v) is 6.07. The van der Waals surface area contributed by atoms with Crippen molar-refractivity contribution < 1.29 is 13.2 Å². The lowest BCUT2D eigenvalue weighted by Crippen LogP contribution is -2.08. The van der Waals surface area contributed by atoms with Gasteiger partial charge in [0.05, 0.1) is 17.6 Å². The zero-order valence-corrected chi connectivity index (χ0v) is 11.7. The van der Waals surface area contributed by atoms with Crippen molar-refractivity contribution in [1.82, 2.24) is 19.9 Å². The van der Waals surface area contributed by atoms with Gasteiger partial charge in [-0.3, -0.25) is 0 Å². The van der Waals surface area contributed by atoms with E-state index in [0.29, 0.717) is 0 Å². The molecule has 22 heavy (non-hydrogen) atoms. The van der Waals surface area contributed by atoms with Gasteiger partial charge in [0.2, 0.25) is 5.69 Å². The molecule has 0 aliphatic carbocycles. The van der Waals surface area contributed by atoms with Crippen molar-refractivity contribution in [3.8, 4) is 11.8 Å². The lowest BCUT2D eigenvalue weighted by Gasteiger charge is -2.09. The van der Waals surface area contributed by atoms with Gasteiger partial charge < -0.3 is 4.90 Å². The van der Waals surface area contributed by atoms with E-state index >= 15 is 0 Å². The van der Waals surface area contributed by atoms with E-state index in [1.807, 2.05) is 0 Å². The Bertz CT molecular complexity index is 739. The fourth-order valence-corrected chi connectivity index (χ4v) is 1.62. The summed E-state index contributed by atoms with van der Waals surface area (Å²) in [6, 6.07) is 6.36. The van der Waals surface area contributed by atoms with Crippen LogP contribution in [-0.2, 0) is 6.18 Å². The second kappa shape index (κ2) is 5.85. The number of hydrogen-bond acceptors (Lipinski definition) is 4. The summed E-state index contributed by atoms with van der Waals surface area (Å²) in [5.41, 5.74) is -0.771. The molecule has 6 nitrogen and oxygen atoms in total. The highest BCUT2D eigenvalue weighted by molar-refractivity contribution is 5.62. The van der Waals surface area contributed by atoms with E-state index in [0.717, 1.165) is 16.8 Å². The molecule has 0 bridgehead atoms. The molecule has 0 unspecified atom stereocenters. The van der Waals surface area contributed by atoms with Crippen molar-refractivity contribution in [3.05, 3.63) is 35.5 Å². The quantitative estimate of drug-likeness (QED) is 0.645. The van der Waals surface area contributed by atoms with Crippen LogP contribution in [0.1, 0.15) is 11.3 Å². The third-order valence-electron chi connectivity index (χ3n) is 2.58. The molecule has 1 aromatic carbocycles. The average Bonchev–Trinajstić information content (AvgIpc) is 2.87. The third-order valence-corrected chi connectivity index (χ3v) is 2.58. The fraction of sp³-hybridized carbons (Fsp3) is 0.231. The Kier molecular flexibility index (Phi) is 4.12. The van der Waals surface area contributed by atoms with Gasteiger partial charge in [-0.05, 0) is 18.2 Å². The number of benzene rings is 1. The molecule has 2 aromatic rings. The van der Waals surface area contributed by atoms with E-state index in [2.05, 4.69) is 15.3 Å². The largest absolute Gasteiger partial charge is 0.416 e. The zero-order chi connectivity index (χ0) is 16.3. The molecule has 0 radical (unpaired) electrons. The van der Waals surface area contributed by atoms with Gasteiger partial charge in [-0.25, -0.2) is 4.99 Å². The number of halogens is 3. The number of aliphatic imine (C=N–C) groups is 1. The van der Waals surface area contributed by atoms with Gasteiger partial charge in [0.15, 0.2) is 5.82 Å². The number of rotatable bonds is 3. The molecule has 0 aliphatic heterocycles. The van der Waals surface area contributed by atoms with Crippen LogP contribution in [0.2, 0.25) is 0 Å². The normalized spacial score (nSPS) is 11.6. The minimum Gasteiger partial charge on any atom is -0.369 e. The van der Waals surface area contributed by atoms with Crippen LogP contribution >= 0.6 is 0 Å². The first kappa shape index (κ1) is 15.5. The van der Waals surface area contributed by atoms with Gasteiger partial charge in [0, 0.05) is 14.1 Å². The van der Waals surface area contributed by atoms with Crippen molar-refractivity contribution >= 4 is 12.2 Å². The van der Waals surface area contributed by atoms with Crippen LogP contribution in [0.3, 0.4) is 0 Å². The van der Waals surface area contributed by atoms with Crippen LogP contribution in [0.5, 0.6) is 0 Å². The molecule has 114 valence electrons. The lowest BCUT2D eigenvalue weighted by atomic mass is 10.2. The summed E-state index contributed by atoms with van der Waals surface area (Å²) in [4.78, 5) is 5.66. The molecule has 2 rings (SSSR count). The lowest BCUT2D eigenvalue weighted by molar-refractivity contribution is -0.137. The monoisotopic (exact) mass is 308 g/mol. The highest BCUT2D eigenvalue weighted by Gasteiger charge is 2.30. The molecule has 0 saturated carbocycles. The Hall–Kier alpha value is -2.89. The van der Waals surface area contributed by atoms with E-state index in [-0.39, 0.29) is 17.2 Å². The van der Waals surface area contributed by atoms with E-state index in [9.17, 15) is 13.2 Å². The van der Waals surface area contributed by atoms with E-state index < -0.39 is 11.7 Å². The minimum atomic E-state index is -4.47. The molecule has 1 heterocycles. The van der Waals surface area contributed by atoms with Crippen molar-refractivity contribution in [2.45, 2.75) is 6.18 Å². The molecule has 0 aliphatic rings. The van der Waals surface area contributed by atoms with Gasteiger partial charge >= 0.3 is 6.18 Å². The van der Waals surface area contributed by atoms with Crippen molar-refractivity contribution in [1.29, 1.82) is 5.26 Å². The number of alkyl halides is 3. The smallest absolute Gasteiger partial charge is 0.369 e. The van der Waals surface area contributed by atoms with Gasteiger partial charge in [0.1, 0.15) is 6.07 Å².